The maximum absolute atomic E-state index is 12.2. The van der Waals surface area contributed by atoms with Crippen molar-refractivity contribution in [2.45, 2.75) is 30.6 Å². The van der Waals surface area contributed by atoms with Gasteiger partial charge in [-0.2, -0.15) is 0 Å². The number of hydrogen-bond donors (Lipinski definition) is 2. The Morgan fingerprint density at radius 3 is 3.00 bits per heavy atom. The van der Waals surface area contributed by atoms with Gasteiger partial charge in [0.25, 0.3) is 5.91 Å². The lowest BCUT2D eigenvalue weighted by Crippen LogP contribution is -2.25. The van der Waals surface area contributed by atoms with Crippen LogP contribution in [0.1, 0.15) is 23.2 Å². The molecule has 3 rings (SSSR count). The zero-order valence-corrected chi connectivity index (χ0v) is 15.3. The highest BCUT2D eigenvalue weighted by molar-refractivity contribution is 7.99. The van der Waals surface area contributed by atoms with Gasteiger partial charge < -0.3 is 19.9 Å². The van der Waals surface area contributed by atoms with E-state index in [0.717, 1.165) is 12.8 Å². The summed E-state index contributed by atoms with van der Waals surface area (Å²) in [6.45, 7) is 1.18. The van der Waals surface area contributed by atoms with Gasteiger partial charge >= 0.3 is 0 Å². The lowest BCUT2D eigenvalue weighted by atomic mass is 10.2. The number of rotatable bonds is 9. The van der Waals surface area contributed by atoms with E-state index in [1.165, 1.54) is 11.8 Å². The maximum Gasteiger partial charge on any atom is 0.251 e. The first-order chi connectivity index (χ1) is 12.7. The molecule has 0 atom stereocenters. The first kappa shape index (κ1) is 18.4. The molecule has 1 aliphatic rings. The molecule has 2 amide bonds. The molecule has 0 unspecified atom stereocenters. The SMILES string of the molecule is COCCn1cnnc1SCC(=O)Nc1cccc(C(=O)NC2CC2)c1. The van der Waals surface area contributed by atoms with E-state index in [4.69, 9.17) is 4.74 Å². The largest absolute Gasteiger partial charge is 0.383 e. The number of thioether (sulfide) groups is 1. The third-order valence-corrected chi connectivity index (χ3v) is 4.75. The van der Waals surface area contributed by atoms with Gasteiger partial charge in [-0.1, -0.05) is 17.8 Å². The molecule has 1 aromatic heterocycles. The zero-order chi connectivity index (χ0) is 18.4. The zero-order valence-electron chi connectivity index (χ0n) is 14.5. The van der Waals surface area contributed by atoms with Gasteiger partial charge in [-0.3, -0.25) is 9.59 Å². The summed E-state index contributed by atoms with van der Waals surface area (Å²) in [5.41, 5.74) is 1.14. The number of nitrogens with zero attached hydrogens (tertiary/aromatic N) is 3. The average Bonchev–Trinajstić information content (AvgIpc) is 3.34. The number of methoxy groups -OCH3 is 1. The Balaban J connectivity index is 1.51. The Morgan fingerprint density at radius 2 is 2.23 bits per heavy atom. The van der Waals surface area contributed by atoms with Crippen LogP contribution in [0, 0.1) is 0 Å². The molecule has 0 radical (unpaired) electrons. The first-order valence-electron chi connectivity index (χ1n) is 8.36. The molecule has 8 nitrogen and oxygen atoms in total. The van der Waals surface area contributed by atoms with Gasteiger partial charge in [0, 0.05) is 30.9 Å². The molecule has 1 heterocycles. The molecule has 9 heteroatoms. The van der Waals surface area contributed by atoms with Crippen LogP contribution in [0.25, 0.3) is 0 Å². The molecule has 0 aliphatic heterocycles. The number of ether oxygens (including phenoxy) is 1. The average molecular weight is 375 g/mol. The van der Waals surface area contributed by atoms with Gasteiger partial charge in [-0.15, -0.1) is 10.2 Å². The summed E-state index contributed by atoms with van der Waals surface area (Å²) in [7, 11) is 1.63. The van der Waals surface area contributed by atoms with Crippen LogP contribution in [0.3, 0.4) is 0 Å². The highest BCUT2D eigenvalue weighted by atomic mass is 32.2. The number of hydrogen-bond acceptors (Lipinski definition) is 6. The summed E-state index contributed by atoms with van der Waals surface area (Å²) in [6.07, 6.45) is 3.68. The Hall–Kier alpha value is -2.39. The fourth-order valence-electron chi connectivity index (χ4n) is 2.26. The Bertz CT molecular complexity index is 775. The van der Waals surface area contributed by atoms with E-state index in [1.807, 2.05) is 4.57 Å². The number of aromatic nitrogens is 3. The summed E-state index contributed by atoms with van der Waals surface area (Å²) in [4.78, 5) is 24.3. The number of carbonyl (C=O) groups is 2. The van der Waals surface area contributed by atoms with Gasteiger partial charge in [0.1, 0.15) is 6.33 Å². The van der Waals surface area contributed by atoms with Crippen LogP contribution in [-0.2, 0) is 16.1 Å². The van der Waals surface area contributed by atoms with Gasteiger partial charge in [-0.05, 0) is 31.0 Å². The van der Waals surface area contributed by atoms with Crippen LogP contribution in [0.15, 0.2) is 35.7 Å². The molecular formula is C17H21N5O3S. The Kier molecular flexibility index (Phi) is 6.24. The van der Waals surface area contributed by atoms with Crippen molar-refractivity contribution >= 4 is 29.3 Å². The molecule has 26 heavy (non-hydrogen) atoms. The lowest BCUT2D eigenvalue weighted by molar-refractivity contribution is -0.113. The predicted octanol–water partition coefficient (Wildman–Crippen LogP) is 1.55. The minimum Gasteiger partial charge on any atom is -0.383 e. The van der Waals surface area contributed by atoms with E-state index in [1.54, 1.807) is 37.7 Å². The summed E-state index contributed by atoms with van der Waals surface area (Å²) in [5.74, 6) is -0.0790. The molecule has 1 aromatic carbocycles. The van der Waals surface area contributed by atoms with Gasteiger partial charge in [0.05, 0.1) is 12.4 Å². The molecule has 0 bridgehead atoms. The first-order valence-corrected chi connectivity index (χ1v) is 9.34. The van der Waals surface area contributed by atoms with Crippen LogP contribution in [0.4, 0.5) is 5.69 Å². The Labute approximate surface area is 155 Å². The fraction of sp³-hybridized carbons (Fsp3) is 0.412. The fourth-order valence-corrected chi connectivity index (χ4v) is 3.00. The quantitative estimate of drug-likeness (QED) is 0.645. The third kappa shape index (κ3) is 5.30. The van der Waals surface area contributed by atoms with Crippen molar-refractivity contribution in [3.05, 3.63) is 36.2 Å². The maximum atomic E-state index is 12.2. The molecule has 138 valence electrons. The number of amides is 2. The van der Waals surface area contributed by atoms with Crippen LogP contribution in [-0.4, -0.2) is 52.1 Å². The van der Waals surface area contributed by atoms with Crippen molar-refractivity contribution in [2.75, 3.05) is 24.8 Å². The molecule has 0 spiro atoms. The van der Waals surface area contributed by atoms with Crippen molar-refractivity contribution < 1.29 is 14.3 Å². The molecule has 1 fully saturated rings. The summed E-state index contributed by atoms with van der Waals surface area (Å²) >= 11 is 1.30. The minimum absolute atomic E-state index is 0.107. The molecular weight excluding hydrogens is 354 g/mol. The van der Waals surface area contributed by atoms with E-state index < -0.39 is 0 Å². The second kappa shape index (κ2) is 8.81. The summed E-state index contributed by atoms with van der Waals surface area (Å²) < 4.78 is 6.87. The van der Waals surface area contributed by atoms with Crippen molar-refractivity contribution in [2.24, 2.45) is 0 Å². The van der Waals surface area contributed by atoms with Gasteiger partial charge in [0.2, 0.25) is 5.91 Å². The van der Waals surface area contributed by atoms with Crippen LogP contribution in [0.5, 0.6) is 0 Å². The molecule has 0 saturated heterocycles. The van der Waals surface area contributed by atoms with Crippen LogP contribution < -0.4 is 10.6 Å². The number of anilines is 1. The normalized spacial score (nSPS) is 13.4. The van der Waals surface area contributed by atoms with E-state index in [0.29, 0.717) is 35.6 Å². The molecule has 1 saturated carbocycles. The van der Waals surface area contributed by atoms with E-state index in [2.05, 4.69) is 20.8 Å². The molecule has 2 N–H and O–H groups in total. The van der Waals surface area contributed by atoms with Crippen molar-refractivity contribution in [1.82, 2.24) is 20.1 Å². The smallest absolute Gasteiger partial charge is 0.251 e. The highest BCUT2D eigenvalue weighted by Gasteiger charge is 2.23. The Morgan fingerprint density at radius 1 is 1.38 bits per heavy atom. The van der Waals surface area contributed by atoms with E-state index in [-0.39, 0.29) is 17.6 Å². The standard InChI is InChI=1S/C17H21N5O3S/c1-25-8-7-22-11-18-21-17(22)26-10-15(23)19-14-4-2-3-12(9-14)16(24)20-13-5-6-13/h2-4,9,11,13H,5-8,10H2,1H3,(H,19,23)(H,20,24). The second-order valence-electron chi connectivity index (χ2n) is 5.97. The monoisotopic (exact) mass is 375 g/mol. The number of benzene rings is 1. The topological polar surface area (TPSA) is 98.1 Å². The van der Waals surface area contributed by atoms with Crippen molar-refractivity contribution in [3.8, 4) is 0 Å². The van der Waals surface area contributed by atoms with Crippen molar-refractivity contribution in [1.29, 1.82) is 0 Å². The minimum atomic E-state index is -0.170. The third-order valence-electron chi connectivity index (χ3n) is 3.77. The summed E-state index contributed by atoms with van der Waals surface area (Å²) in [6, 6.07) is 7.23. The summed E-state index contributed by atoms with van der Waals surface area (Å²) in [5, 5.41) is 14.3. The van der Waals surface area contributed by atoms with E-state index >= 15 is 0 Å². The van der Waals surface area contributed by atoms with Crippen molar-refractivity contribution in [3.63, 3.8) is 0 Å². The second-order valence-corrected chi connectivity index (χ2v) is 6.91. The lowest BCUT2D eigenvalue weighted by Gasteiger charge is -2.08. The van der Waals surface area contributed by atoms with Crippen LogP contribution in [0.2, 0.25) is 0 Å². The van der Waals surface area contributed by atoms with Crippen LogP contribution >= 0.6 is 11.8 Å². The predicted molar refractivity (Wildman–Crippen MR) is 98.2 cm³/mol. The highest BCUT2D eigenvalue weighted by Crippen LogP contribution is 2.20. The van der Waals surface area contributed by atoms with E-state index in [9.17, 15) is 9.59 Å². The van der Waals surface area contributed by atoms with Gasteiger partial charge in [-0.25, -0.2) is 0 Å². The van der Waals surface area contributed by atoms with Gasteiger partial charge in [0.15, 0.2) is 5.16 Å². The number of nitrogens with one attached hydrogen (secondary N) is 2. The molecule has 2 aromatic rings. The number of carbonyl (C=O) groups excluding carboxylic acids is 2. The molecule has 1 aliphatic carbocycles.